The Bertz CT molecular complexity index is 490. The van der Waals surface area contributed by atoms with Gasteiger partial charge in [-0.15, -0.1) is 5.10 Å². The lowest BCUT2D eigenvalue weighted by molar-refractivity contribution is 0.530. The molecule has 0 aliphatic carbocycles. The Balaban J connectivity index is 1.72. The van der Waals surface area contributed by atoms with Gasteiger partial charge in [-0.05, 0) is 19.9 Å². The van der Waals surface area contributed by atoms with E-state index in [0.717, 1.165) is 37.3 Å². The molecule has 18 heavy (non-hydrogen) atoms. The first-order chi connectivity index (χ1) is 8.68. The van der Waals surface area contributed by atoms with Crippen molar-refractivity contribution in [1.29, 1.82) is 0 Å². The second-order valence-electron chi connectivity index (χ2n) is 4.17. The number of aryl methyl sites for hydroxylation is 3. The van der Waals surface area contributed by atoms with Gasteiger partial charge in [0.05, 0.1) is 11.9 Å². The van der Waals surface area contributed by atoms with Gasteiger partial charge >= 0.3 is 0 Å². The molecular weight excluding hydrogens is 252 g/mol. The Morgan fingerprint density at radius 1 is 1.44 bits per heavy atom. The third-order valence-corrected chi connectivity index (χ3v) is 3.26. The first-order valence-electron chi connectivity index (χ1n) is 5.91. The van der Waals surface area contributed by atoms with E-state index in [4.69, 9.17) is 11.6 Å². The van der Waals surface area contributed by atoms with Gasteiger partial charge in [0.15, 0.2) is 0 Å². The summed E-state index contributed by atoms with van der Waals surface area (Å²) < 4.78 is 3.52. The molecule has 0 saturated heterocycles. The number of rotatable bonds is 6. The van der Waals surface area contributed by atoms with Crippen LogP contribution in [0.2, 0.25) is 5.15 Å². The summed E-state index contributed by atoms with van der Waals surface area (Å²) in [7, 11) is 1.85. The predicted molar refractivity (Wildman–Crippen MR) is 69.3 cm³/mol. The SMILES string of the molecule is Cc1nn(C)c(Cl)c1CNCCCn1ccnn1. The fourth-order valence-corrected chi connectivity index (χ4v) is 2.05. The molecule has 0 atom stereocenters. The van der Waals surface area contributed by atoms with Crippen LogP contribution < -0.4 is 5.32 Å². The second kappa shape index (κ2) is 5.97. The van der Waals surface area contributed by atoms with E-state index in [0.29, 0.717) is 5.15 Å². The number of hydrogen-bond donors (Lipinski definition) is 1. The van der Waals surface area contributed by atoms with E-state index in [9.17, 15) is 0 Å². The van der Waals surface area contributed by atoms with Crippen LogP contribution >= 0.6 is 11.6 Å². The molecule has 7 heteroatoms. The Morgan fingerprint density at radius 3 is 2.89 bits per heavy atom. The van der Waals surface area contributed by atoms with Crippen LogP contribution in [-0.4, -0.2) is 31.3 Å². The van der Waals surface area contributed by atoms with Crippen molar-refractivity contribution < 1.29 is 0 Å². The van der Waals surface area contributed by atoms with Crippen molar-refractivity contribution in [3.05, 3.63) is 28.8 Å². The van der Waals surface area contributed by atoms with Crippen molar-refractivity contribution in [2.45, 2.75) is 26.4 Å². The molecule has 2 aromatic heterocycles. The Hall–Kier alpha value is -1.40. The van der Waals surface area contributed by atoms with Crippen molar-refractivity contribution in [1.82, 2.24) is 30.1 Å². The molecule has 1 N–H and O–H groups in total. The summed E-state index contributed by atoms with van der Waals surface area (Å²) in [5.74, 6) is 0. The van der Waals surface area contributed by atoms with Crippen LogP contribution in [0.5, 0.6) is 0 Å². The molecular formula is C11H17ClN6. The van der Waals surface area contributed by atoms with Crippen molar-refractivity contribution in [2.75, 3.05) is 6.54 Å². The van der Waals surface area contributed by atoms with Gasteiger partial charge in [-0.2, -0.15) is 5.10 Å². The summed E-state index contributed by atoms with van der Waals surface area (Å²) >= 11 is 6.15. The van der Waals surface area contributed by atoms with E-state index in [1.54, 1.807) is 10.9 Å². The molecule has 0 spiro atoms. The van der Waals surface area contributed by atoms with E-state index >= 15 is 0 Å². The molecule has 2 aromatic rings. The molecule has 2 rings (SSSR count). The van der Waals surface area contributed by atoms with E-state index in [1.807, 2.05) is 24.9 Å². The number of halogens is 1. The molecule has 0 aromatic carbocycles. The average Bonchev–Trinajstić information content (AvgIpc) is 2.92. The molecule has 0 amide bonds. The molecule has 0 aliphatic heterocycles. The Morgan fingerprint density at radius 2 is 2.28 bits per heavy atom. The number of nitrogens with zero attached hydrogens (tertiary/aromatic N) is 5. The van der Waals surface area contributed by atoms with Crippen molar-refractivity contribution in [3.63, 3.8) is 0 Å². The molecule has 2 heterocycles. The second-order valence-corrected chi connectivity index (χ2v) is 4.53. The monoisotopic (exact) mass is 268 g/mol. The smallest absolute Gasteiger partial charge is 0.131 e. The van der Waals surface area contributed by atoms with Gasteiger partial charge in [0.1, 0.15) is 5.15 Å². The third-order valence-electron chi connectivity index (χ3n) is 2.78. The summed E-state index contributed by atoms with van der Waals surface area (Å²) in [5.41, 5.74) is 2.05. The van der Waals surface area contributed by atoms with Crippen LogP contribution in [0.1, 0.15) is 17.7 Å². The van der Waals surface area contributed by atoms with E-state index in [-0.39, 0.29) is 0 Å². The highest BCUT2D eigenvalue weighted by Crippen LogP contribution is 2.17. The predicted octanol–water partition coefficient (Wildman–Crippen LogP) is 1.15. The summed E-state index contributed by atoms with van der Waals surface area (Å²) in [5, 5.41) is 16.0. The van der Waals surface area contributed by atoms with E-state index < -0.39 is 0 Å². The first kappa shape index (κ1) is 13.0. The van der Waals surface area contributed by atoms with E-state index in [2.05, 4.69) is 20.7 Å². The zero-order valence-electron chi connectivity index (χ0n) is 10.6. The van der Waals surface area contributed by atoms with Gasteiger partial charge in [-0.1, -0.05) is 16.8 Å². The lowest BCUT2D eigenvalue weighted by atomic mass is 10.2. The Kier molecular flexibility index (Phi) is 4.33. The minimum atomic E-state index is 0.705. The highest BCUT2D eigenvalue weighted by Gasteiger charge is 2.09. The van der Waals surface area contributed by atoms with Crippen LogP contribution in [0, 0.1) is 6.92 Å². The normalized spacial score (nSPS) is 11.1. The standard InChI is InChI=1S/C11H17ClN6/c1-9-10(11(12)17(2)15-9)8-13-4-3-6-18-7-5-14-16-18/h5,7,13H,3-4,6,8H2,1-2H3. The summed E-state index contributed by atoms with van der Waals surface area (Å²) in [6.07, 6.45) is 4.55. The highest BCUT2D eigenvalue weighted by molar-refractivity contribution is 6.30. The third kappa shape index (κ3) is 3.08. The fraction of sp³-hybridized carbons (Fsp3) is 0.545. The van der Waals surface area contributed by atoms with Crippen molar-refractivity contribution in [2.24, 2.45) is 7.05 Å². The molecule has 0 fully saturated rings. The number of nitrogens with one attached hydrogen (secondary N) is 1. The van der Waals surface area contributed by atoms with Gasteiger partial charge in [0.25, 0.3) is 0 Å². The minimum Gasteiger partial charge on any atom is -0.312 e. The van der Waals surface area contributed by atoms with Gasteiger partial charge in [-0.3, -0.25) is 9.36 Å². The van der Waals surface area contributed by atoms with Crippen molar-refractivity contribution in [3.8, 4) is 0 Å². The maximum Gasteiger partial charge on any atom is 0.131 e. The van der Waals surface area contributed by atoms with Gasteiger partial charge in [-0.25, -0.2) is 0 Å². The first-order valence-corrected chi connectivity index (χ1v) is 6.29. The molecule has 0 unspecified atom stereocenters. The maximum atomic E-state index is 6.15. The van der Waals surface area contributed by atoms with Gasteiger partial charge in [0.2, 0.25) is 0 Å². The highest BCUT2D eigenvalue weighted by atomic mass is 35.5. The zero-order chi connectivity index (χ0) is 13.0. The molecule has 0 saturated carbocycles. The average molecular weight is 269 g/mol. The molecule has 0 aliphatic rings. The van der Waals surface area contributed by atoms with Crippen LogP contribution in [0.3, 0.4) is 0 Å². The fourth-order valence-electron chi connectivity index (χ4n) is 1.81. The van der Waals surface area contributed by atoms with Crippen LogP contribution in [0.25, 0.3) is 0 Å². The topological polar surface area (TPSA) is 60.6 Å². The number of hydrogen-bond acceptors (Lipinski definition) is 4. The van der Waals surface area contributed by atoms with E-state index in [1.165, 1.54) is 0 Å². The molecule has 0 bridgehead atoms. The van der Waals surface area contributed by atoms with Gasteiger partial charge in [0, 0.05) is 31.9 Å². The number of aromatic nitrogens is 5. The van der Waals surface area contributed by atoms with Crippen LogP contribution in [-0.2, 0) is 20.1 Å². The van der Waals surface area contributed by atoms with Crippen LogP contribution in [0.4, 0.5) is 0 Å². The lowest BCUT2D eigenvalue weighted by Crippen LogP contribution is -2.17. The van der Waals surface area contributed by atoms with Gasteiger partial charge < -0.3 is 5.32 Å². The Labute approximate surface area is 111 Å². The lowest BCUT2D eigenvalue weighted by Gasteiger charge is -2.04. The quantitative estimate of drug-likeness (QED) is 0.799. The molecule has 98 valence electrons. The minimum absolute atomic E-state index is 0.705. The molecule has 0 radical (unpaired) electrons. The summed E-state index contributed by atoms with van der Waals surface area (Å²) in [6.45, 7) is 4.49. The van der Waals surface area contributed by atoms with Crippen molar-refractivity contribution >= 4 is 11.6 Å². The summed E-state index contributed by atoms with van der Waals surface area (Å²) in [4.78, 5) is 0. The maximum absolute atomic E-state index is 6.15. The van der Waals surface area contributed by atoms with Crippen LogP contribution in [0.15, 0.2) is 12.4 Å². The largest absolute Gasteiger partial charge is 0.312 e. The summed E-state index contributed by atoms with van der Waals surface area (Å²) in [6, 6.07) is 0. The molecule has 6 nitrogen and oxygen atoms in total. The zero-order valence-corrected chi connectivity index (χ0v) is 11.4.